The Kier molecular flexibility index (Phi) is 5.62. The van der Waals surface area contributed by atoms with Crippen LogP contribution < -0.4 is 10.4 Å². The summed E-state index contributed by atoms with van der Waals surface area (Å²) in [5, 5.41) is 2.57. The summed E-state index contributed by atoms with van der Waals surface area (Å²) in [5.41, 5.74) is 1.25. The second kappa shape index (κ2) is 8.09. The molecule has 3 rings (SSSR count). The van der Waals surface area contributed by atoms with Gasteiger partial charge in [-0.2, -0.15) is 0 Å². The van der Waals surface area contributed by atoms with Crippen molar-refractivity contribution in [1.29, 1.82) is 0 Å². The largest absolute Gasteiger partial charge is 0.400 e. The maximum absolute atomic E-state index is 6.77. The quantitative estimate of drug-likeness (QED) is 0.615. The first-order chi connectivity index (χ1) is 11.8. The van der Waals surface area contributed by atoms with Crippen LogP contribution in [0.2, 0.25) is 0 Å². The lowest BCUT2D eigenvalue weighted by Crippen LogP contribution is -2.46. The molecule has 0 amide bonds. The molecular formula is C22H23OSi. The molecule has 0 aromatic heterocycles. The maximum atomic E-state index is 6.77. The van der Waals surface area contributed by atoms with Gasteiger partial charge in [-0.1, -0.05) is 105 Å². The summed E-state index contributed by atoms with van der Waals surface area (Å²) in [5.74, 6) is 0.417. The van der Waals surface area contributed by atoms with E-state index in [4.69, 9.17) is 4.43 Å². The minimum absolute atomic E-state index is 0.0977. The van der Waals surface area contributed by atoms with Crippen molar-refractivity contribution in [2.24, 2.45) is 5.92 Å². The number of rotatable bonds is 6. The Morgan fingerprint density at radius 1 is 0.625 bits per heavy atom. The summed E-state index contributed by atoms with van der Waals surface area (Å²) in [7, 11) is -1.29. The number of hydrogen-bond acceptors (Lipinski definition) is 1. The molecule has 0 aliphatic rings. The minimum atomic E-state index is -1.29. The lowest BCUT2D eigenvalue weighted by Gasteiger charge is -2.27. The van der Waals surface area contributed by atoms with E-state index in [9.17, 15) is 0 Å². The molecule has 0 saturated carbocycles. The van der Waals surface area contributed by atoms with Crippen molar-refractivity contribution in [1.82, 2.24) is 0 Å². The predicted octanol–water partition coefficient (Wildman–Crippen LogP) is 4.21. The molecule has 24 heavy (non-hydrogen) atoms. The normalized spacial score (nSPS) is 12.5. The minimum Gasteiger partial charge on any atom is -0.400 e. The van der Waals surface area contributed by atoms with Crippen molar-refractivity contribution in [2.45, 2.75) is 20.0 Å². The fourth-order valence-electron chi connectivity index (χ4n) is 2.84. The van der Waals surface area contributed by atoms with Crippen LogP contribution >= 0.6 is 0 Å². The third kappa shape index (κ3) is 4.02. The van der Waals surface area contributed by atoms with Gasteiger partial charge in [0.25, 0.3) is 9.04 Å². The van der Waals surface area contributed by atoms with Crippen LogP contribution in [-0.4, -0.2) is 9.04 Å². The highest BCUT2D eigenvalue weighted by Gasteiger charge is 2.26. The molecule has 0 fully saturated rings. The van der Waals surface area contributed by atoms with E-state index < -0.39 is 9.04 Å². The van der Waals surface area contributed by atoms with E-state index in [1.165, 1.54) is 15.9 Å². The van der Waals surface area contributed by atoms with Gasteiger partial charge in [0, 0.05) is 0 Å². The molecule has 0 N–H and O–H groups in total. The molecule has 1 radical (unpaired) electrons. The zero-order valence-corrected chi connectivity index (χ0v) is 15.2. The second-order valence-electron chi connectivity index (χ2n) is 6.25. The molecule has 3 aromatic rings. The Hall–Kier alpha value is -2.16. The first kappa shape index (κ1) is 16.7. The first-order valence-electron chi connectivity index (χ1n) is 8.45. The van der Waals surface area contributed by atoms with Crippen LogP contribution in [0.25, 0.3) is 0 Å². The summed E-state index contributed by atoms with van der Waals surface area (Å²) in [6.07, 6.45) is 0.0977. The Labute approximate surface area is 146 Å². The Balaban J connectivity index is 1.96. The molecule has 0 aliphatic heterocycles. The molecule has 1 unspecified atom stereocenters. The van der Waals surface area contributed by atoms with Gasteiger partial charge < -0.3 is 4.43 Å². The van der Waals surface area contributed by atoms with Gasteiger partial charge >= 0.3 is 0 Å². The summed E-state index contributed by atoms with van der Waals surface area (Å²) in [4.78, 5) is 0. The fourth-order valence-corrected chi connectivity index (χ4v) is 5.10. The Morgan fingerprint density at radius 2 is 1.04 bits per heavy atom. The average molecular weight is 332 g/mol. The van der Waals surface area contributed by atoms with Gasteiger partial charge in [-0.05, 0) is 21.9 Å². The van der Waals surface area contributed by atoms with Gasteiger partial charge in [0.2, 0.25) is 0 Å². The topological polar surface area (TPSA) is 9.23 Å². The van der Waals surface area contributed by atoms with E-state index >= 15 is 0 Å². The SMILES string of the molecule is CC(C)C(O[Si](c1ccccc1)c1ccccc1)c1ccccc1. The third-order valence-corrected chi connectivity index (χ3v) is 6.26. The summed E-state index contributed by atoms with van der Waals surface area (Å²) >= 11 is 0. The van der Waals surface area contributed by atoms with E-state index in [2.05, 4.69) is 105 Å². The van der Waals surface area contributed by atoms with Crippen molar-refractivity contribution in [3.63, 3.8) is 0 Å². The van der Waals surface area contributed by atoms with Crippen molar-refractivity contribution in [2.75, 3.05) is 0 Å². The molecular weight excluding hydrogens is 308 g/mol. The smallest absolute Gasteiger partial charge is 0.283 e. The van der Waals surface area contributed by atoms with Crippen LogP contribution in [-0.2, 0) is 4.43 Å². The van der Waals surface area contributed by atoms with E-state index in [-0.39, 0.29) is 6.10 Å². The lowest BCUT2D eigenvalue weighted by atomic mass is 9.99. The predicted molar refractivity (Wildman–Crippen MR) is 103 cm³/mol. The second-order valence-corrected chi connectivity index (χ2v) is 8.30. The molecule has 0 spiro atoms. The van der Waals surface area contributed by atoms with Crippen molar-refractivity contribution >= 4 is 19.4 Å². The van der Waals surface area contributed by atoms with Crippen molar-refractivity contribution in [3.8, 4) is 0 Å². The number of benzene rings is 3. The fraction of sp³-hybridized carbons (Fsp3) is 0.182. The van der Waals surface area contributed by atoms with Crippen LogP contribution in [0.1, 0.15) is 25.5 Å². The van der Waals surface area contributed by atoms with Gasteiger partial charge in [-0.3, -0.25) is 0 Å². The van der Waals surface area contributed by atoms with Crippen molar-refractivity contribution in [3.05, 3.63) is 96.6 Å². The van der Waals surface area contributed by atoms with E-state index in [1.54, 1.807) is 0 Å². The van der Waals surface area contributed by atoms with Crippen LogP contribution in [0, 0.1) is 5.92 Å². The average Bonchev–Trinajstić information content (AvgIpc) is 2.64. The van der Waals surface area contributed by atoms with Crippen molar-refractivity contribution < 1.29 is 4.43 Å². The highest BCUT2D eigenvalue weighted by molar-refractivity contribution is 6.80. The highest BCUT2D eigenvalue weighted by Crippen LogP contribution is 2.26. The zero-order chi connectivity index (χ0) is 16.8. The molecule has 121 valence electrons. The summed E-state index contributed by atoms with van der Waals surface area (Å²) in [6, 6.07) is 31.8. The van der Waals surface area contributed by atoms with Gasteiger partial charge in [-0.25, -0.2) is 0 Å². The van der Waals surface area contributed by atoms with Crippen LogP contribution in [0.3, 0.4) is 0 Å². The third-order valence-electron chi connectivity index (χ3n) is 4.05. The molecule has 1 nitrogen and oxygen atoms in total. The first-order valence-corrected chi connectivity index (χ1v) is 9.86. The summed E-state index contributed by atoms with van der Waals surface area (Å²) in [6.45, 7) is 4.46. The molecule has 0 aliphatic carbocycles. The Morgan fingerprint density at radius 3 is 1.46 bits per heavy atom. The number of hydrogen-bond donors (Lipinski definition) is 0. The van der Waals surface area contributed by atoms with Gasteiger partial charge in [-0.15, -0.1) is 0 Å². The molecule has 2 heteroatoms. The molecule has 0 bridgehead atoms. The van der Waals surface area contributed by atoms with Crippen LogP contribution in [0.4, 0.5) is 0 Å². The van der Waals surface area contributed by atoms with Gasteiger partial charge in [0.1, 0.15) is 0 Å². The van der Waals surface area contributed by atoms with Crippen LogP contribution in [0.5, 0.6) is 0 Å². The molecule has 3 aromatic carbocycles. The van der Waals surface area contributed by atoms with Crippen LogP contribution in [0.15, 0.2) is 91.0 Å². The molecule has 0 saturated heterocycles. The lowest BCUT2D eigenvalue weighted by molar-refractivity contribution is 0.159. The Bertz CT molecular complexity index is 686. The van der Waals surface area contributed by atoms with Gasteiger partial charge in [0.15, 0.2) is 0 Å². The highest BCUT2D eigenvalue weighted by atomic mass is 28.3. The van der Waals surface area contributed by atoms with E-state index in [0.717, 1.165) is 0 Å². The van der Waals surface area contributed by atoms with E-state index in [0.29, 0.717) is 5.92 Å². The van der Waals surface area contributed by atoms with E-state index in [1.807, 2.05) is 0 Å². The maximum Gasteiger partial charge on any atom is 0.283 e. The molecule has 1 atom stereocenters. The monoisotopic (exact) mass is 331 g/mol. The molecule has 0 heterocycles. The zero-order valence-electron chi connectivity index (χ0n) is 14.2. The van der Waals surface area contributed by atoms with Gasteiger partial charge in [0.05, 0.1) is 6.10 Å². The standard InChI is InChI=1S/C22H23OSi/c1-18(2)22(19-12-6-3-7-13-19)23-24(20-14-8-4-9-15-20)21-16-10-5-11-17-21/h3-18,22H,1-2H3. The summed E-state index contributed by atoms with van der Waals surface area (Å²) < 4.78 is 6.77.